The molecule has 0 aliphatic carbocycles. The topological polar surface area (TPSA) is 63.3 Å². The lowest BCUT2D eigenvalue weighted by atomic mass is 9.85. The summed E-state index contributed by atoms with van der Waals surface area (Å²) in [5.74, 6) is -2.11. The van der Waals surface area contributed by atoms with Crippen LogP contribution < -0.4 is 5.73 Å². The number of nitrogens with two attached hydrogens (primary N) is 1. The highest BCUT2D eigenvalue weighted by Gasteiger charge is 2.59. The van der Waals surface area contributed by atoms with Gasteiger partial charge in [-0.15, -0.1) is 11.8 Å². The van der Waals surface area contributed by atoms with Gasteiger partial charge in [-0.3, -0.25) is 0 Å². The Balaban J connectivity index is 2.28. The van der Waals surface area contributed by atoms with Gasteiger partial charge >= 0.3 is 12.1 Å². The van der Waals surface area contributed by atoms with Gasteiger partial charge in [-0.25, -0.2) is 4.79 Å². The number of carboxylic acids is 1. The smallest absolute Gasteiger partial charge is 0.417 e. The Bertz CT molecular complexity index is 506. The molecule has 0 saturated heterocycles. The summed E-state index contributed by atoms with van der Waals surface area (Å²) < 4.78 is 38.6. The predicted molar refractivity (Wildman–Crippen MR) is 65.1 cm³/mol. The molecule has 0 amide bonds. The second-order valence-electron chi connectivity index (χ2n) is 4.52. The van der Waals surface area contributed by atoms with E-state index < -0.39 is 30.0 Å². The number of aliphatic carboxylic acids is 1. The molecule has 1 aromatic rings. The Morgan fingerprint density at radius 1 is 1.42 bits per heavy atom. The van der Waals surface area contributed by atoms with Crippen molar-refractivity contribution in [2.75, 3.05) is 5.75 Å². The lowest BCUT2D eigenvalue weighted by molar-refractivity contribution is -0.204. The van der Waals surface area contributed by atoms with Crippen molar-refractivity contribution >= 4 is 17.7 Å². The second kappa shape index (κ2) is 4.72. The fourth-order valence-electron chi connectivity index (χ4n) is 2.11. The first-order chi connectivity index (χ1) is 8.75. The molecular weight excluding hydrogens is 279 g/mol. The number of carboxylic acid groups (broad SMARTS) is 1. The molecule has 104 valence electrons. The average molecular weight is 291 g/mol. The predicted octanol–water partition coefficient (Wildman–Crippen LogP) is 2.61. The van der Waals surface area contributed by atoms with E-state index in [0.29, 0.717) is 5.75 Å². The molecule has 1 aliphatic heterocycles. The summed E-state index contributed by atoms with van der Waals surface area (Å²) in [6.45, 7) is 0. The van der Waals surface area contributed by atoms with E-state index in [1.54, 1.807) is 18.2 Å². The third-order valence-corrected chi connectivity index (χ3v) is 4.51. The quantitative estimate of drug-likeness (QED) is 0.898. The van der Waals surface area contributed by atoms with E-state index in [1.165, 1.54) is 11.8 Å². The highest BCUT2D eigenvalue weighted by Crippen LogP contribution is 2.45. The van der Waals surface area contributed by atoms with Crippen LogP contribution >= 0.6 is 11.8 Å². The molecule has 2 unspecified atom stereocenters. The summed E-state index contributed by atoms with van der Waals surface area (Å²) in [6.07, 6.45) is -5.61. The first kappa shape index (κ1) is 14.2. The Hall–Kier alpha value is -1.21. The number of alkyl halides is 3. The second-order valence-corrected chi connectivity index (χ2v) is 5.59. The van der Waals surface area contributed by atoms with E-state index in [-0.39, 0.29) is 0 Å². The lowest BCUT2D eigenvalue weighted by Crippen LogP contribution is -2.60. The number of hydrogen-bond donors (Lipinski definition) is 2. The van der Waals surface area contributed by atoms with Crippen LogP contribution in [-0.4, -0.2) is 28.5 Å². The highest BCUT2D eigenvalue weighted by molar-refractivity contribution is 7.99. The molecule has 0 spiro atoms. The van der Waals surface area contributed by atoms with E-state index in [2.05, 4.69) is 0 Å². The molecule has 0 radical (unpaired) electrons. The Morgan fingerprint density at radius 3 is 2.63 bits per heavy atom. The zero-order valence-electron chi connectivity index (χ0n) is 9.78. The number of benzene rings is 1. The van der Waals surface area contributed by atoms with Gasteiger partial charge in [0.25, 0.3) is 0 Å². The fraction of sp³-hybridized carbons (Fsp3) is 0.417. The van der Waals surface area contributed by atoms with Gasteiger partial charge in [0.15, 0.2) is 0 Å². The number of carbonyl (C=O) groups is 1. The first-order valence-electron chi connectivity index (χ1n) is 5.56. The van der Waals surface area contributed by atoms with Gasteiger partial charge in [-0.05, 0) is 24.0 Å². The molecule has 2 rings (SSSR count). The van der Waals surface area contributed by atoms with Gasteiger partial charge in [0.2, 0.25) is 5.54 Å². The van der Waals surface area contributed by atoms with Gasteiger partial charge < -0.3 is 10.8 Å². The zero-order chi connectivity index (χ0) is 14.3. The maximum Gasteiger partial charge on any atom is 0.417 e. The van der Waals surface area contributed by atoms with Crippen LogP contribution in [0.25, 0.3) is 0 Å². The maximum atomic E-state index is 12.9. The molecule has 0 bridgehead atoms. The third kappa shape index (κ3) is 2.44. The van der Waals surface area contributed by atoms with Crippen LogP contribution in [0.2, 0.25) is 0 Å². The van der Waals surface area contributed by atoms with Gasteiger partial charge in [0.1, 0.15) is 0 Å². The van der Waals surface area contributed by atoms with Crippen LogP contribution in [0.4, 0.5) is 13.2 Å². The summed E-state index contributed by atoms with van der Waals surface area (Å²) in [5, 5.41) is 8.82. The molecule has 3 nitrogen and oxygen atoms in total. The summed E-state index contributed by atoms with van der Waals surface area (Å²) in [7, 11) is 0. The average Bonchev–Trinajstić information content (AvgIpc) is 2.71. The van der Waals surface area contributed by atoms with Crippen molar-refractivity contribution in [3.63, 3.8) is 0 Å². The SMILES string of the molecule is NC(CC1CSc2ccccc21)(C(=O)O)C(F)(F)F. The summed E-state index contributed by atoms with van der Waals surface area (Å²) in [5.41, 5.74) is 2.67. The number of hydrogen-bond acceptors (Lipinski definition) is 3. The summed E-state index contributed by atoms with van der Waals surface area (Å²) in [4.78, 5) is 11.8. The number of halogens is 3. The van der Waals surface area contributed by atoms with Gasteiger partial charge in [-0.2, -0.15) is 13.2 Å². The fourth-order valence-corrected chi connectivity index (χ4v) is 3.37. The molecule has 7 heteroatoms. The van der Waals surface area contributed by atoms with E-state index in [0.717, 1.165) is 10.5 Å². The van der Waals surface area contributed by atoms with Gasteiger partial charge in [-0.1, -0.05) is 18.2 Å². The molecule has 1 aromatic carbocycles. The van der Waals surface area contributed by atoms with Crippen molar-refractivity contribution in [1.82, 2.24) is 0 Å². The molecule has 1 heterocycles. The van der Waals surface area contributed by atoms with Crippen LogP contribution in [-0.2, 0) is 4.79 Å². The van der Waals surface area contributed by atoms with E-state index in [1.807, 2.05) is 6.07 Å². The monoisotopic (exact) mass is 291 g/mol. The minimum Gasteiger partial charge on any atom is -0.480 e. The van der Waals surface area contributed by atoms with Crippen molar-refractivity contribution < 1.29 is 23.1 Å². The number of fused-ring (bicyclic) bond motifs is 1. The van der Waals surface area contributed by atoms with Crippen molar-refractivity contribution in [3.05, 3.63) is 29.8 Å². The minimum absolute atomic E-state index is 0.418. The first-order valence-corrected chi connectivity index (χ1v) is 6.55. The largest absolute Gasteiger partial charge is 0.480 e. The molecule has 2 atom stereocenters. The molecule has 1 aliphatic rings. The minimum atomic E-state index is -4.97. The Kier molecular flexibility index (Phi) is 3.53. The zero-order valence-corrected chi connectivity index (χ0v) is 10.6. The molecule has 0 aromatic heterocycles. The highest BCUT2D eigenvalue weighted by atomic mass is 32.2. The van der Waals surface area contributed by atoms with Crippen molar-refractivity contribution in [3.8, 4) is 0 Å². The molecule has 3 N–H and O–H groups in total. The number of rotatable bonds is 3. The standard InChI is InChI=1S/C12H12F3NO2S/c13-12(14,15)11(16,10(17)18)5-7-6-19-9-4-2-1-3-8(7)9/h1-4,7H,5-6,16H2,(H,17,18). The van der Waals surface area contributed by atoms with Gasteiger partial charge in [0, 0.05) is 10.6 Å². The molecule has 0 fully saturated rings. The Morgan fingerprint density at radius 2 is 2.05 bits per heavy atom. The molecule has 0 saturated carbocycles. The van der Waals surface area contributed by atoms with Crippen LogP contribution in [0.5, 0.6) is 0 Å². The van der Waals surface area contributed by atoms with E-state index >= 15 is 0 Å². The van der Waals surface area contributed by atoms with Crippen LogP contribution in [0.1, 0.15) is 17.9 Å². The van der Waals surface area contributed by atoms with Crippen molar-refractivity contribution in [2.24, 2.45) is 5.73 Å². The third-order valence-electron chi connectivity index (χ3n) is 3.25. The van der Waals surface area contributed by atoms with Crippen molar-refractivity contribution in [2.45, 2.75) is 28.9 Å². The van der Waals surface area contributed by atoms with Crippen LogP contribution in [0, 0.1) is 0 Å². The normalized spacial score (nSPS) is 21.8. The molecular formula is C12H12F3NO2S. The van der Waals surface area contributed by atoms with Gasteiger partial charge in [0.05, 0.1) is 0 Å². The Labute approximate surface area is 112 Å². The molecule has 19 heavy (non-hydrogen) atoms. The summed E-state index contributed by atoms with van der Waals surface area (Å²) >= 11 is 1.42. The lowest BCUT2D eigenvalue weighted by Gasteiger charge is -2.29. The van der Waals surface area contributed by atoms with Crippen LogP contribution in [0.15, 0.2) is 29.2 Å². The number of thioether (sulfide) groups is 1. The summed E-state index contributed by atoms with van der Waals surface area (Å²) in [6, 6.07) is 7.06. The maximum absolute atomic E-state index is 12.9. The van der Waals surface area contributed by atoms with Crippen molar-refractivity contribution in [1.29, 1.82) is 0 Å². The van der Waals surface area contributed by atoms with Crippen LogP contribution in [0.3, 0.4) is 0 Å². The van der Waals surface area contributed by atoms with E-state index in [4.69, 9.17) is 10.8 Å². The van der Waals surface area contributed by atoms with E-state index in [9.17, 15) is 18.0 Å².